The number of sulfonamides is 1. The predicted octanol–water partition coefficient (Wildman–Crippen LogP) is 1.31. The number of benzene rings is 1. The Labute approximate surface area is 122 Å². The highest BCUT2D eigenvalue weighted by Gasteiger charge is 2.27. The quantitative estimate of drug-likeness (QED) is 0.906. The van der Waals surface area contributed by atoms with E-state index in [0.29, 0.717) is 31.1 Å². The summed E-state index contributed by atoms with van der Waals surface area (Å²) in [6.07, 6.45) is 0. The largest absolute Gasteiger partial charge is 0.314 e. The fraction of sp³-hybridized carbons (Fsp3) is 0.364. The molecule has 1 N–H and O–H groups in total. The highest BCUT2D eigenvalue weighted by atomic mass is 35.5. The van der Waals surface area contributed by atoms with Crippen LogP contribution < -0.4 is 5.32 Å². The average Bonchev–Trinajstić information content (AvgIpc) is 2.87. The molecule has 2 heterocycles. The Bertz CT molecular complexity index is 665. The smallest absolute Gasteiger partial charge is 0.244 e. The third kappa shape index (κ3) is 2.61. The van der Waals surface area contributed by atoms with E-state index in [1.807, 2.05) is 6.07 Å². The Morgan fingerprint density at radius 2 is 2.00 bits per heavy atom. The van der Waals surface area contributed by atoms with Crippen LogP contribution in [0, 0.1) is 0 Å². The van der Waals surface area contributed by atoms with Gasteiger partial charge in [0.05, 0.1) is 15.7 Å². The lowest BCUT2D eigenvalue weighted by molar-refractivity contribution is 0.360. The van der Waals surface area contributed by atoms with Crippen molar-refractivity contribution in [1.29, 1.82) is 0 Å². The summed E-state index contributed by atoms with van der Waals surface area (Å²) in [5.41, 5.74) is 2.43. The zero-order chi connectivity index (χ0) is 12.6. The van der Waals surface area contributed by atoms with Crippen molar-refractivity contribution in [2.45, 2.75) is 4.90 Å². The van der Waals surface area contributed by atoms with E-state index < -0.39 is 10.0 Å². The highest BCUT2D eigenvalue weighted by molar-refractivity contribution is 7.89. The van der Waals surface area contributed by atoms with Crippen molar-refractivity contribution in [1.82, 2.24) is 14.6 Å². The molecule has 0 unspecified atom stereocenters. The molecule has 0 saturated carbocycles. The van der Waals surface area contributed by atoms with E-state index in [1.54, 1.807) is 17.6 Å². The highest BCUT2D eigenvalue weighted by Crippen LogP contribution is 2.28. The second-order valence-electron chi connectivity index (χ2n) is 4.11. The fourth-order valence-electron chi connectivity index (χ4n) is 2.09. The van der Waals surface area contributed by atoms with Gasteiger partial charge in [0.1, 0.15) is 4.90 Å². The number of piperazine rings is 1. The van der Waals surface area contributed by atoms with Gasteiger partial charge in [0.15, 0.2) is 0 Å². The molecule has 1 aromatic carbocycles. The van der Waals surface area contributed by atoms with Crippen LogP contribution in [0.4, 0.5) is 0 Å². The molecule has 5 nitrogen and oxygen atoms in total. The number of aromatic nitrogens is 1. The lowest BCUT2D eigenvalue weighted by Gasteiger charge is -2.26. The Kier molecular flexibility index (Phi) is 4.42. The summed E-state index contributed by atoms with van der Waals surface area (Å²) in [5.74, 6) is 0. The van der Waals surface area contributed by atoms with E-state index in [4.69, 9.17) is 0 Å². The molecular weight excluding hydrogens is 306 g/mol. The van der Waals surface area contributed by atoms with Crippen LogP contribution >= 0.6 is 23.7 Å². The second-order valence-corrected chi connectivity index (χ2v) is 6.87. The van der Waals surface area contributed by atoms with Crippen molar-refractivity contribution < 1.29 is 8.42 Å². The van der Waals surface area contributed by atoms with Gasteiger partial charge in [0.2, 0.25) is 10.0 Å². The molecule has 0 aliphatic carbocycles. The molecule has 19 heavy (non-hydrogen) atoms. The standard InChI is InChI=1S/C11H13N3O2S2.ClH/c15-18(16,14-6-4-12-5-7-14)10-3-1-2-9-11(10)17-8-13-9;/h1-3,8,12H,4-7H2;1H. The van der Waals surface area contributed by atoms with Gasteiger partial charge in [-0.05, 0) is 12.1 Å². The minimum Gasteiger partial charge on any atom is -0.314 e. The summed E-state index contributed by atoms with van der Waals surface area (Å²) in [5, 5.41) is 3.15. The Balaban J connectivity index is 0.00000133. The van der Waals surface area contributed by atoms with E-state index in [9.17, 15) is 8.42 Å². The Morgan fingerprint density at radius 1 is 1.26 bits per heavy atom. The van der Waals surface area contributed by atoms with Gasteiger partial charge in [-0.2, -0.15) is 4.31 Å². The van der Waals surface area contributed by atoms with Gasteiger partial charge >= 0.3 is 0 Å². The number of hydrogen-bond acceptors (Lipinski definition) is 5. The normalized spacial score (nSPS) is 17.3. The fourth-order valence-corrected chi connectivity index (χ4v) is 4.78. The first-order valence-electron chi connectivity index (χ1n) is 5.73. The summed E-state index contributed by atoms with van der Waals surface area (Å²) in [4.78, 5) is 4.54. The Morgan fingerprint density at radius 3 is 2.74 bits per heavy atom. The first-order chi connectivity index (χ1) is 8.69. The predicted molar refractivity (Wildman–Crippen MR) is 78.5 cm³/mol. The number of hydrogen-bond donors (Lipinski definition) is 1. The van der Waals surface area contributed by atoms with Crippen LogP contribution in [-0.4, -0.2) is 43.9 Å². The number of rotatable bonds is 2. The molecule has 0 atom stereocenters. The Hall–Kier alpha value is -0.730. The van der Waals surface area contributed by atoms with Crippen molar-refractivity contribution in [2.75, 3.05) is 26.2 Å². The molecule has 0 amide bonds. The van der Waals surface area contributed by atoms with Crippen molar-refractivity contribution in [3.05, 3.63) is 23.7 Å². The second kappa shape index (κ2) is 5.72. The topological polar surface area (TPSA) is 62.3 Å². The van der Waals surface area contributed by atoms with Gasteiger partial charge in [-0.1, -0.05) is 6.07 Å². The van der Waals surface area contributed by atoms with E-state index in [-0.39, 0.29) is 12.4 Å². The van der Waals surface area contributed by atoms with E-state index in [1.165, 1.54) is 15.6 Å². The van der Waals surface area contributed by atoms with Crippen LogP contribution in [-0.2, 0) is 10.0 Å². The first-order valence-corrected chi connectivity index (χ1v) is 8.04. The SMILES string of the molecule is Cl.O=S(=O)(c1cccc2ncsc12)N1CCNCC1. The molecule has 2 aromatic rings. The summed E-state index contributed by atoms with van der Waals surface area (Å²) in [6, 6.07) is 5.25. The van der Waals surface area contributed by atoms with E-state index in [2.05, 4.69) is 10.3 Å². The van der Waals surface area contributed by atoms with Crippen LogP contribution in [0.1, 0.15) is 0 Å². The molecule has 1 saturated heterocycles. The monoisotopic (exact) mass is 319 g/mol. The third-order valence-electron chi connectivity index (χ3n) is 3.01. The molecule has 0 spiro atoms. The molecule has 3 rings (SSSR count). The van der Waals surface area contributed by atoms with Crippen LogP contribution in [0.5, 0.6) is 0 Å². The van der Waals surface area contributed by atoms with Gasteiger partial charge in [0.25, 0.3) is 0 Å². The van der Waals surface area contributed by atoms with Gasteiger partial charge in [-0.3, -0.25) is 0 Å². The lowest BCUT2D eigenvalue weighted by Crippen LogP contribution is -2.46. The molecule has 1 aliphatic rings. The van der Waals surface area contributed by atoms with Gasteiger partial charge in [0, 0.05) is 26.2 Å². The van der Waals surface area contributed by atoms with Gasteiger partial charge in [-0.15, -0.1) is 23.7 Å². The average molecular weight is 320 g/mol. The summed E-state index contributed by atoms with van der Waals surface area (Å²) in [7, 11) is -3.39. The molecule has 1 fully saturated rings. The number of halogens is 1. The number of thiazole rings is 1. The molecule has 0 radical (unpaired) electrons. The third-order valence-corrected chi connectivity index (χ3v) is 5.96. The number of nitrogens with zero attached hydrogens (tertiary/aromatic N) is 2. The van der Waals surface area contributed by atoms with Crippen LogP contribution in [0.15, 0.2) is 28.6 Å². The van der Waals surface area contributed by atoms with Gasteiger partial charge < -0.3 is 5.32 Å². The van der Waals surface area contributed by atoms with Crippen LogP contribution in [0.25, 0.3) is 10.2 Å². The number of fused-ring (bicyclic) bond motifs is 1. The van der Waals surface area contributed by atoms with Crippen molar-refractivity contribution in [3.63, 3.8) is 0 Å². The van der Waals surface area contributed by atoms with Crippen molar-refractivity contribution in [2.24, 2.45) is 0 Å². The van der Waals surface area contributed by atoms with Crippen LogP contribution in [0.2, 0.25) is 0 Å². The zero-order valence-electron chi connectivity index (χ0n) is 10.1. The summed E-state index contributed by atoms with van der Waals surface area (Å²) >= 11 is 1.37. The molecule has 1 aliphatic heterocycles. The molecule has 1 aromatic heterocycles. The molecule has 8 heteroatoms. The van der Waals surface area contributed by atoms with E-state index in [0.717, 1.165) is 10.2 Å². The minimum absolute atomic E-state index is 0. The number of nitrogens with one attached hydrogen (secondary N) is 1. The van der Waals surface area contributed by atoms with Crippen LogP contribution in [0.3, 0.4) is 0 Å². The summed E-state index contributed by atoms with van der Waals surface area (Å²) in [6.45, 7) is 2.46. The maximum atomic E-state index is 12.6. The zero-order valence-corrected chi connectivity index (χ0v) is 12.5. The van der Waals surface area contributed by atoms with Gasteiger partial charge in [-0.25, -0.2) is 13.4 Å². The lowest BCUT2D eigenvalue weighted by atomic mass is 10.3. The summed E-state index contributed by atoms with van der Waals surface area (Å²) < 4.78 is 27.4. The minimum atomic E-state index is -3.39. The van der Waals surface area contributed by atoms with Crippen molar-refractivity contribution >= 4 is 44.0 Å². The molecule has 104 valence electrons. The maximum Gasteiger partial charge on any atom is 0.244 e. The molecular formula is C11H14ClN3O2S2. The van der Waals surface area contributed by atoms with E-state index >= 15 is 0 Å². The maximum absolute atomic E-state index is 12.6. The molecule has 0 bridgehead atoms. The van der Waals surface area contributed by atoms with Crippen molar-refractivity contribution in [3.8, 4) is 0 Å². The first kappa shape index (κ1) is 14.7.